The van der Waals surface area contributed by atoms with Crippen molar-refractivity contribution in [3.8, 4) is 22.7 Å². The molecule has 0 aliphatic carbocycles. The number of hydrogen-bond acceptors (Lipinski definition) is 5. The summed E-state index contributed by atoms with van der Waals surface area (Å²) >= 11 is 0. The Morgan fingerprint density at radius 2 is 2.18 bits per heavy atom. The van der Waals surface area contributed by atoms with Gasteiger partial charge in [0, 0.05) is 24.0 Å². The Kier molecular flexibility index (Phi) is 3.80. The predicted octanol–water partition coefficient (Wildman–Crippen LogP) is 1.97. The van der Waals surface area contributed by atoms with Crippen LogP contribution in [0.3, 0.4) is 0 Å². The van der Waals surface area contributed by atoms with Gasteiger partial charge < -0.3 is 9.84 Å². The summed E-state index contributed by atoms with van der Waals surface area (Å²) in [5.41, 5.74) is 2.17. The molecule has 0 unspecified atom stereocenters. The van der Waals surface area contributed by atoms with Crippen molar-refractivity contribution in [2.45, 2.75) is 6.61 Å². The minimum atomic E-state index is -0.502. The molecule has 3 rings (SSSR count). The number of hydrogen-bond donors (Lipinski definition) is 1. The van der Waals surface area contributed by atoms with Crippen molar-refractivity contribution in [1.29, 1.82) is 0 Å². The van der Waals surface area contributed by atoms with Crippen LogP contribution in [0.1, 0.15) is 5.69 Å². The van der Waals surface area contributed by atoms with Gasteiger partial charge in [-0.15, -0.1) is 5.10 Å². The molecule has 0 aliphatic heterocycles. The summed E-state index contributed by atoms with van der Waals surface area (Å²) in [5, 5.41) is 17.4. The van der Waals surface area contributed by atoms with E-state index < -0.39 is 5.82 Å². The molecule has 0 amide bonds. The average molecular weight is 300 g/mol. The summed E-state index contributed by atoms with van der Waals surface area (Å²) in [7, 11) is 1.40. The molecule has 0 atom stereocenters. The Bertz CT molecular complexity index is 789. The number of ether oxygens (including phenoxy) is 1. The predicted molar refractivity (Wildman–Crippen MR) is 77.0 cm³/mol. The van der Waals surface area contributed by atoms with Crippen LogP contribution in [0, 0.1) is 5.82 Å². The lowest BCUT2D eigenvalue weighted by Crippen LogP contribution is -2.01. The molecule has 2 aromatic heterocycles. The van der Waals surface area contributed by atoms with Gasteiger partial charge >= 0.3 is 0 Å². The smallest absolute Gasteiger partial charge is 0.167 e. The molecule has 7 heteroatoms. The molecule has 1 aromatic carbocycles. The lowest BCUT2D eigenvalue weighted by atomic mass is 10.1. The largest absolute Gasteiger partial charge is 0.494 e. The molecule has 2 heterocycles. The monoisotopic (exact) mass is 300 g/mol. The summed E-state index contributed by atoms with van der Waals surface area (Å²) in [6.07, 6.45) is 3.28. The third-order valence-corrected chi connectivity index (χ3v) is 3.20. The van der Waals surface area contributed by atoms with E-state index in [2.05, 4.69) is 15.3 Å². The van der Waals surface area contributed by atoms with E-state index in [1.807, 2.05) is 6.07 Å². The molecule has 0 aliphatic rings. The summed E-state index contributed by atoms with van der Waals surface area (Å²) in [4.78, 5) is 4.05. The third kappa shape index (κ3) is 2.42. The van der Waals surface area contributed by atoms with Gasteiger partial charge in [-0.25, -0.2) is 9.07 Å². The minimum Gasteiger partial charge on any atom is -0.494 e. The van der Waals surface area contributed by atoms with Gasteiger partial charge in [0.2, 0.25) is 0 Å². The molecule has 112 valence electrons. The zero-order chi connectivity index (χ0) is 15.5. The fourth-order valence-corrected chi connectivity index (χ4v) is 2.18. The van der Waals surface area contributed by atoms with E-state index in [1.165, 1.54) is 23.9 Å². The van der Waals surface area contributed by atoms with Crippen LogP contribution in [-0.4, -0.2) is 32.2 Å². The standard InChI is InChI=1S/C15H13FN4O2/c1-22-14-5-4-11(7-12(14)16)20-15(13(9-21)18-19-20)10-3-2-6-17-8-10/h2-8,21H,9H2,1H3. The van der Waals surface area contributed by atoms with E-state index in [1.54, 1.807) is 24.5 Å². The highest BCUT2D eigenvalue weighted by Gasteiger charge is 2.17. The number of aliphatic hydroxyl groups excluding tert-OH is 1. The second kappa shape index (κ2) is 5.90. The van der Waals surface area contributed by atoms with Crippen LogP contribution in [0.25, 0.3) is 16.9 Å². The van der Waals surface area contributed by atoms with Crippen molar-refractivity contribution in [2.24, 2.45) is 0 Å². The Balaban J connectivity index is 2.16. The molecular formula is C15H13FN4O2. The summed E-state index contributed by atoms with van der Waals surface area (Å²) in [5.74, 6) is -0.354. The van der Waals surface area contributed by atoms with Crippen LogP contribution in [0.2, 0.25) is 0 Å². The van der Waals surface area contributed by atoms with Crippen LogP contribution in [-0.2, 0) is 6.61 Å². The second-order valence-electron chi connectivity index (χ2n) is 4.52. The summed E-state index contributed by atoms with van der Waals surface area (Å²) < 4.78 is 20.3. The average Bonchev–Trinajstić information content (AvgIpc) is 2.99. The van der Waals surface area contributed by atoms with Crippen LogP contribution in [0.15, 0.2) is 42.7 Å². The number of pyridine rings is 1. The Morgan fingerprint density at radius 3 is 2.82 bits per heavy atom. The van der Waals surface area contributed by atoms with Crippen molar-refractivity contribution < 1.29 is 14.2 Å². The zero-order valence-corrected chi connectivity index (χ0v) is 11.8. The van der Waals surface area contributed by atoms with Crippen molar-refractivity contribution in [3.63, 3.8) is 0 Å². The van der Waals surface area contributed by atoms with Crippen molar-refractivity contribution in [1.82, 2.24) is 20.0 Å². The number of aliphatic hydroxyl groups is 1. The lowest BCUT2D eigenvalue weighted by molar-refractivity contribution is 0.277. The highest BCUT2D eigenvalue weighted by atomic mass is 19.1. The second-order valence-corrected chi connectivity index (χ2v) is 4.52. The van der Waals surface area contributed by atoms with E-state index in [0.717, 1.165) is 5.56 Å². The number of methoxy groups -OCH3 is 1. The van der Waals surface area contributed by atoms with Gasteiger partial charge in [-0.05, 0) is 24.3 Å². The lowest BCUT2D eigenvalue weighted by Gasteiger charge is -2.09. The molecule has 0 saturated carbocycles. The van der Waals surface area contributed by atoms with Crippen molar-refractivity contribution >= 4 is 0 Å². The zero-order valence-electron chi connectivity index (χ0n) is 11.8. The Morgan fingerprint density at radius 1 is 1.32 bits per heavy atom. The van der Waals surface area contributed by atoms with E-state index >= 15 is 0 Å². The van der Waals surface area contributed by atoms with Crippen LogP contribution in [0.4, 0.5) is 4.39 Å². The number of aromatic nitrogens is 4. The molecule has 0 fully saturated rings. The molecule has 0 bridgehead atoms. The molecular weight excluding hydrogens is 287 g/mol. The minimum absolute atomic E-state index is 0.147. The quantitative estimate of drug-likeness (QED) is 0.797. The maximum Gasteiger partial charge on any atom is 0.167 e. The molecule has 0 spiro atoms. The fourth-order valence-electron chi connectivity index (χ4n) is 2.18. The first-order valence-corrected chi connectivity index (χ1v) is 6.54. The molecule has 6 nitrogen and oxygen atoms in total. The molecule has 3 aromatic rings. The van der Waals surface area contributed by atoms with Crippen molar-refractivity contribution in [2.75, 3.05) is 7.11 Å². The van der Waals surface area contributed by atoms with Crippen molar-refractivity contribution in [3.05, 3.63) is 54.2 Å². The third-order valence-electron chi connectivity index (χ3n) is 3.20. The van der Waals surface area contributed by atoms with E-state index in [9.17, 15) is 9.50 Å². The highest BCUT2D eigenvalue weighted by molar-refractivity contribution is 5.63. The summed E-state index contributed by atoms with van der Waals surface area (Å²) in [6, 6.07) is 8.06. The first kappa shape index (κ1) is 14.2. The Labute approximate surface area is 125 Å². The van der Waals surface area contributed by atoms with Gasteiger partial charge in [0.25, 0.3) is 0 Å². The van der Waals surface area contributed by atoms with Crippen LogP contribution < -0.4 is 4.74 Å². The number of benzene rings is 1. The van der Waals surface area contributed by atoms with Gasteiger partial charge in [0.15, 0.2) is 11.6 Å². The first-order valence-electron chi connectivity index (χ1n) is 6.54. The Hall–Kier alpha value is -2.80. The van der Waals surface area contributed by atoms with E-state index in [4.69, 9.17) is 4.74 Å². The summed E-state index contributed by atoms with van der Waals surface area (Å²) in [6.45, 7) is -0.275. The van der Waals surface area contributed by atoms with Gasteiger partial charge in [-0.1, -0.05) is 5.21 Å². The molecule has 0 radical (unpaired) electrons. The topological polar surface area (TPSA) is 73.1 Å². The number of halogens is 1. The normalized spacial score (nSPS) is 10.7. The van der Waals surface area contributed by atoms with Crippen LogP contribution in [0.5, 0.6) is 5.75 Å². The van der Waals surface area contributed by atoms with Gasteiger partial charge in [-0.2, -0.15) is 0 Å². The van der Waals surface area contributed by atoms with Crippen LogP contribution >= 0.6 is 0 Å². The van der Waals surface area contributed by atoms with E-state index in [-0.39, 0.29) is 12.4 Å². The highest BCUT2D eigenvalue weighted by Crippen LogP contribution is 2.26. The molecule has 22 heavy (non-hydrogen) atoms. The molecule has 0 saturated heterocycles. The van der Waals surface area contributed by atoms with Gasteiger partial charge in [0.05, 0.1) is 19.4 Å². The number of rotatable bonds is 4. The van der Waals surface area contributed by atoms with Gasteiger partial charge in [0.1, 0.15) is 11.4 Å². The SMILES string of the molecule is COc1ccc(-n2nnc(CO)c2-c2cccnc2)cc1F. The van der Waals surface area contributed by atoms with E-state index in [0.29, 0.717) is 17.1 Å². The fraction of sp³-hybridized carbons (Fsp3) is 0.133. The van der Waals surface area contributed by atoms with Gasteiger partial charge in [-0.3, -0.25) is 4.98 Å². The molecule has 1 N–H and O–H groups in total. The number of nitrogens with zero attached hydrogens (tertiary/aromatic N) is 4. The maximum atomic E-state index is 13.9. The first-order chi connectivity index (χ1) is 10.7. The maximum absolute atomic E-state index is 13.9.